The van der Waals surface area contributed by atoms with E-state index in [9.17, 15) is 36.9 Å². The Kier molecular flexibility index (Phi) is 14.0. The lowest BCUT2D eigenvalue weighted by Gasteiger charge is -2.43. The van der Waals surface area contributed by atoms with Gasteiger partial charge < -0.3 is 29.3 Å². The van der Waals surface area contributed by atoms with Crippen molar-refractivity contribution in [1.82, 2.24) is 39.4 Å². The molecule has 59 heavy (non-hydrogen) atoms. The largest absolute Gasteiger partial charge is 0.457 e. The molecular formula is C35H54N10O12S2. The zero-order valence-corrected chi connectivity index (χ0v) is 36.7. The first-order valence-electron chi connectivity index (χ1n) is 18.7. The minimum Gasteiger partial charge on any atom is -0.457 e. The molecule has 2 aromatic rings. The number of carbonyl (C=O) groups is 5. The third-order valence-corrected chi connectivity index (χ3v) is 9.90. The molecule has 0 bridgehead atoms. The van der Waals surface area contributed by atoms with Crippen LogP contribution in [0.4, 0.5) is 14.7 Å². The van der Waals surface area contributed by atoms with Crippen LogP contribution in [0.25, 0.3) is 0 Å². The fraction of sp³-hybridized carbons (Fsp3) is 0.686. The van der Waals surface area contributed by atoms with Crippen molar-refractivity contribution in [3.8, 4) is 0 Å². The van der Waals surface area contributed by atoms with E-state index >= 15 is 0 Å². The van der Waals surface area contributed by atoms with Gasteiger partial charge in [-0.1, -0.05) is 10.4 Å². The van der Waals surface area contributed by atoms with Gasteiger partial charge in [0.25, 0.3) is 11.8 Å². The van der Waals surface area contributed by atoms with E-state index in [0.29, 0.717) is 44.8 Å². The van der Waals surface area contributed by atoms with E-state index in [0.717, 1.165) is 11.3 Å². The lowest BCUT2D eigenvalue weighted by atomic mass is 9.98. The maximum atomic E-state index is 13.9. The first kappa shape index (κ1) is 46.7. The lowest BCUT2D eigenvalue weighted by Crippen LogP contribution is -2.73. The second-order valence-electron chi connectivity index (χ2n) is 17.3. The van der Waals surface area contributed by atoms with Crippen molar-refractivity contribution >= 4 is 62.5 Å². The Bertz CT molecular complexity index is 2020. The lowest BCUT2D eigenvalue weighted by molar-refractivity contribution is -0.179. The second-order valence-corrected chi connectivity index (χ2v) is 19.5. The van der Waals surface area contributed by atoms with E-state index in [1.807, 2.05) is 20.8 Å². The van der Waals surface area contributed by atoms with Crippen LogP contribution in [-0.4, -0.2) is 150 Å². The zero-order valence-electron chi connectivity index (χ0n) is 35.1. The van der Waals surface area contributed by atoms with E-state index in [-0.39, 0.29) is 27.8 Å². The van der Waals surface area contributed by atoms with Crippen LogP contribution >= 0.6 is 11.3 Å². The first-order chi connectivity index (χ1) is 27.0. The Morgan fingerprint density at radius 1 is 0.932 bits per heavy atom. The molecule has 24 heteroatoms. The number of aromatic nitrogens is 4. The number of thiazole rings is 1. The second kappa shape index (κ2) is 17.7. The predicted molar refractivity (Wildman–Crippen MR) is 212 cm³/mol. The van der Waals surface area contributed by atoms with Crippen LogP contribution in [0.1, 0.15) is 87.5 Å². The fourth-order valence-corrected chi connectivity index (χ4v) is 7.02. The van der Waals surface area contributed by atoms with Crippen molar-refractivity contribution < 1.29 is 56.0 Å². The number of oxime groups is 1. The quantitative estimate of drug-likeness (QED) is 0.0651. The third-order valence-electron chi connectivity index (χ3n) is 8.20. The molecule has 0 saturated carbocycles. The third kappa shape index (κ3) is 13.5. The highest BCUT2D eigenvalue weighted by molar-refractivity contribution is 7.84. The number of anilines is 1. The number of hydrogen-bond acceptors (Lipinski definition) is 17. The summed E-state index contributed by atoms with van der Waals surface area (Å²) in [5, 5.41) is 18.4. The van der Waals surface area contributed by atoms with E-state index in [2.05, 4.69) is 36.0 Å². The number of β-lactam (4-membered cyclic amide) rings is 1. The summed E-state index contributed by atoms with van der Waals surface area (Å²) in [6.07, 6.45) is 0.809. The summed E-state index contributed by atoms with van der Waals surface area (Å²) in [6, 6.07) is -2.89. The Hall–Kier alpha value is -4.94. The maximum absolute atomic E-state index is 13.9. The summed E-state index contributed by atoms with van der Waals surface area (Å²) in [4.78, 5) is 78.3. The average Bonchev–Trinajstić information content (AvgIpc) is 3.72. The number of carbonyl (C=O) groups excluding carboxylic acids is 5. The average molecular weight is 871 g/mol. The molecule has 4 rings (SSSR count). The van der Waals surface area contributed by atoms with Crippen LogP contribution in [0.3, 0.4) is 0 Å². The van der Waals surface area contributed by atoms with Crippen molar-refractivity contribution in [2.45, 2.75) is 124 Å². The molecule has 22 nitrogen and oxygen atoms in total. The van der Waals surface area contributed by atoms with Gasteiger partial charge in [0.1, 0.15) is 28.5 Å². The van der Waals surface area contributed by atoms with Crippen molar-refractivity contribution in [3.63, 3.8) is 0 Å². The van der Waals surface area contributed by atoms with Gasteiger partial charge in [-0.05, 0) is 76.2 Å². The van der Waals surface area contributed by atoms with Crippen LogP contribution in [-0.2, 0) is 56.7 Å². The Balaban J connectivity index is 1.49. The Morgan fingerprint density at radius 3 is 2.12 bits per heavy atom. The smallest absolute Gasteiger partial charge is 0.413 e. The standard InChI is InChI=1S/C35H54N10O12S2/c1-32(2,3)54-28(48)35(10,11)57-40-24(22-20-58-29(36-22)38-30(49)55-33(4,5)6)26(46)37-25-23(45(27(25)47)59(51,52)53)19-44-18-21(39-41-44)12-13-42-14-16-43(17-15-42)31(50)56-34(7,8)9/h18,20,23,25H,12-17,19H2,1-11H3,(H,37,46)(H,36,38,49)(H,51,52,53)/b40-24+/t23-,25+/m1/s1. The maximum Gasteiger partial charge on any atom is 0.413 e. The predicted octanol–water partition coefficient (Wildman–Crippen LogP) is 2.22. The number of nitrogens with zero attached hydrogens (tertiary/aromatic N) is 8. The van der Waals surface area contributed by atoms with Gasteiger partial charge in [-0.2, -0.15) is 8.42 Å². The Labute approximate surface area is 346 Å². The molecular weight excluding hydrogens is 817 g/mol. The minimum atomic E-state index is -5.08. The first-order valence-corrected chi connectivity index (χ1v) is 21.0. The molecule has 0 radical (unpaired) electrons. The molecule has 0 aromatic carbocycles. The van der Waals surface area contributed by atoms with Gasteiger partial charge in [-0.15, -0.1) is 16.4 Å². The molecule has 2 aliphatic rings. The summed E-state index contributed by atoms with van der Waals surface area (Å²) >= 11 is 0.900. The highest BCUT2D eigenvalue weighted by atomic mass is 32.2. The number of nitrogens with one attached hydrogen (secondary N) is 2. The van der Waals surface area contributed by atoms with E-state index < -0.39 is 74.4 Å². The van der Waals surface area contributed by atoms with E-state index in [1.54, 1.807) is 52.6 Å². The highest BCUT2D eigenvalue weighted by Gasteiger charge is 2.54. The molecule has 328 valence electrons. The van der Waals surface area contributed by atoms with Gasteiger partial charge in [-0.25, -0.2) is 23.7 Å². The van der Waals surface area contributed by atoms with Crippen LogP contribution < -0.4 is 10.6 Å². The van der Waals surface area contributed by atoms with E-state index in [1.165, 1.54) is 23.9 Å². The van der Waals surface area contributed by atoms with Crippen molar-refractivity contribution in [1.29, 1.82) is 0 Å². The van der Waals surface area contributed by atoms with Gasteiger partial charge in [0, 0.05) is 50.7 Å². The molecule has 4 heterocycles. The number of hydrogen-bond donors (Lipinski definition) is 3. The number of esters is 1. The van der Waals surface area contributed by atoms with Gasteiger partial charge in [0.15, 0.2) is 10.8 Å². The van der Waals surface area contributed by atoms with Crippen molar-refractivity contribution in [2.75, 3.05) is 38.0 Å². The van der Waals surface area contributed by atoms with Crippen LogP contribution in [0.15, 0.2) is 16.7 Å². The summed E-state index contributed by atoms with van der Waals surface area (Å²) < 4.78 is 52.2. The highest BCUT2D eigenvalue weighted by Crippen LogP contribution is 2.26. The molecule has 0 spiro atoms. The summed E-state index contributed by atoms with van der Waals surface area (Å²) in [5.74, 6) is -3.05. The van der Waals surface area contributed by atoms with Gasteiger partial charge >= 0.3 is 28.5 Å². The molecule has 3 N–H and O–H groups in total. The van der Waals surface area contributed by atoms with Crippen molar-refractivity contribution in [3.05, 3.63) is 23.0 Å². The molecule has 2 fully saturated rings. The topological polar surface area (TPSA) is 266 Å². The van der Waals surface area contributed by atoms with Crippen LogP contribution in [0, 0.1) is 0 Å². The summed E-state index contributed by atoms with van der Waals surface area (Å²) in [7, 11) is -5.08. The zero-order chi connectivity index (χ0) is 44.3. The van der Waals surface area contributed by atoms with E-state index in [4.69, 9.17) is 19.0 Å². The molecule has 2 atom stereocenters. The SMILES string of the molecule is CC(C)(C)OC(=O)Nc1nc(/C(=N\OC(C)(C)C(=O)OC(C)(C)C)C(=O)N[C@@H]2C(=O)N(S(=O)(=O)O)[C@@H]2Cn2cc(CCN3CCN(C(=O)OC(C)(C)C)CC3)nn2)cs1. The normalized spacial score (nSPS) is 18.5. The van der Waals surface area contributed by atoms with Crippen LogP contribution in [0.2, 0.25) is 0 Å². The number of ether oxygens (including phenoxy) is 3. The molecule has 2 saturated heterocycles. The van der Waals surface area contributed by atoms with Gasteiger partial charge in [0.05, 0.1) is 18.3 Å². The fourth-order valence-electron chi connectivity index (χ4n) is 5.47. The summed E-state index contributed by atoms with van der Waals surface area (Å²) in [6.45, 7) is 20.5. The van der Waals surface area contributed by atoms with Gasteiger partial charge in [-0.3, -0.25) is 29.0 Å². The van der Waals surface area contributed by atoms with Crippen molar-refractivity contribution in [2.24, 2.45) is 5.16 Å². The monoisotopic (exact) mass is 870 g/mol. The molecule has 0 aliphatic carbocycles. The molecule has 4 amide bonds. The molecule has 2 aromatic heterocycles. The number of piperazine rings is 1. The number of amides is 4. The summed E-state index contributed by atoms with van der Waals surface area (Å²) in [5.41, 5.74) is -4.20. The van der Waals surface area contributed by atoms with Crippen LogP contribution in [0.5, 0.6) is 0 Å². The van der Waals surface area contributed by atoms with Gasteiger partial charge in [0.2, 0.25) is 5.60 Å². The molecule has 2 aliphatic heterocycles. The number of rotatable bonds is 13. The Morgan fingerprint density at radius 2 is 1.54 bits per heavy atom. The molecule has 0 unspecified atom stereocenters. The minimum absolute atomic E-state index is 0.00124.